The van der Waals surface area contributed by atoms with Gasteiger partial charge in [-0.1, -0.05) is 42.1 Å². The van der Waals surface area contributed by atoms with E-state index in [2.05, 4.69) is 5.32 Å². The van der Waals surface area contributed by atoms with Gasteiger partial charge in [0.25, 0.3) is 0 Å². The Bertz CT molecular complexity index is 341. The van der Waals surface area contributed by atoms with Crippen LogP contribution in [0.4, 0.5) is 0 Å². The number of hydrogen-bond acceptors (Lipinski definition) is 1. The number of benzene rings is 1. The first-order valence-corrected chi connectivity index (χ1v) is 6.59. The first kappa shape index (κ1) is 12.2. The first-order chi connectivity index (χ1) is 7.72. The highest BCUT2D eigenvalue weighted by Crippen LogP contribution is 2.38. The first-order valence-electron chi connectivity index (χ1n) is 5.83. The zero-order chi connectivity index (χ0) is 11.5. The Morgan fingerprint density at radius 1 is 1.31 bits per heavy atom. The molecule has 0 saturated heterocycles. The van der Waals surface area contributed by atoms with Crippen LogP contribution in [0.15, 0.2) is 18.2 Å². The van der Waals surface area contributed by atoms with Crippen molar-refractivity contribution < 1.29 is 0 Å². The van der Waals surface area contributed by atoms with Crippen LogP contribution in [-0.2, 0) is 0 Å². The van der Waals surface area contributed by atoms with Gasteiger partial charge in [0.05, 0.1) is 0 Å². The monoisotopic (exact) mass is 257 g/mol. The highest BCUT2D eigenvalue weighted by molar-refractivity contribution is 6.36. The van der Waals surface area contributed by atoms with E-state index < -0.39 is 0 Å². The summed E-state index contributed by atoms with van der Waals surface area (Å²) in [6.07, 6.45) is 5.18. The third kappa shape index (κ3) is 2.91. The van der Waals surface area contributed by atoms with Crippen LogP contribution in [-0.4, -0.2) is 7.05 Å². The Morgan fingerprint density at radius 2 is 1.94 bits per heavy atom. The summed E-state index contributed by atoms with van der Waals surface area (Å²) in [6, 6.07) is 5.98. The molecule has 1 saturated carbocycles. The maximum atomic E-state index is 6.21. The van der Waals surface area contributed by atoms with E-state index in [0.717, 1.165) is 27.9 Å². The second-order valence-corrected chi connectivity index (χ2v) is 5.31. The van der Waals surface area contributed by atoms with E-state index in [0.29, 0.717) is 0 Å². The van der Waals surface area contributed by atoms with Crippen LogP contribution in [0.2, 0.25) is 10.0 Å². The summed E-state index contributed by atoms with van der Waals surface area (Å²) in [5.41, 5.74) is 1.05. The van der Waals surface area contributed by atoms with Crippen LogP contribution >= 0.6 is 23.2 Å². The minimum absolute atomic E-state index is 0.279. The third-order valence-corrected chi connectivity index (χ3v) is 3.92. The lowest BCUT2D eigenvalue weighted by atomic mass is 10.0. The fourth-order valence-corrected chi connectivity index (χ4v) is 2.75. The molecule has 0 aliphatic heterocycles. The van der Waals surface area contributed by atoms with Gasteiger partial charge in [-0.05, 0) is 37.9 Å². The van der Waals surface area contributed by atoms with Crippen molar-refractivity contribution in [3.05, 3.63) is 33.8 Å². The maximum Gasteiger partial charge on any atom is 0.0468 e. The molecule has 16 heavy (non-hydrogen) atoms. The van der Waals surface area contributed by atoms with Crippen molar-refractivity contribution in [2.24, 2.45) is 5.92 Å². The van der Waals surface area contributed by atoms with E-state index in [1.165, 1.54) is 19.3 Å². The van der Waals surface area contributed by atoms with E-state index in [1.807, 2.05) is 25.2 Å². The predicted molar refractivity (Wildman–Crippen MR) is 70.2 cm³/mol. The smallest absolute Gasteiger partial charge is 0.0468 e. The molecule has 1 N–H and O–H groups in total. The van der Waals surface area contributed by atoms with E-state index in [1.54, 1.807) is 0 Å². The quantitative estimate of drug-likeness (QED) is 0.823. The van der Waals surface area contributed by atoms with Gasteiger partial charge in [-0.25, -0.2) is 0 Å². The molecular formula is C13H17Cl2N. The molecule has 0 spiro atoms. The largest absolute Gasteiger partial charge is 0.313 e. The summed E-state index contributed by atoms with van der Waals surface area (Å²) < 4.78 is 0. The molecule has 1 nitrogen and oxygen atoms in total. The second-order valence-electron chi connectivity index (χ2n) is 4.50. The van der Waals surface area contributed by atoms with Gasteiger partial charge in [-0.2, -0.15) is 0 Å². The number of nitrogens with one attached hydrogen (secondary N) is 1. The van der Waals surface area contributed by atoms with Crippen LogP contribution in [0.5, 0.6) is 0 Å². The summed E-state index contributed by atoms with van der Waals surface area (Å²) in [6.45, 7) is 0. The van der Waals surface area contributed by atoms with Crippen LogP contribution in [0, 0.1) is 5.92 Å². The third-order valence-electron chi connectivity index (χ3n) is 3.26. The molecule has 0 bridgehead atoms. The summed E-state index contributed by atoms with van der Waals surface area (Å²) in [4.78, 5) is 0. The van der Waals surface area contributed by atoms with Crippen molar-refractivity contribution in [2.45, 2.75) is 31.7 Å². The molecule has 1 aliphatic carbocycles. The number of hydrogen-bond donors (Lipinski definition) is 1. The molecule has 0 amide bonds. The minimum atomic E-state index is 0.279. The van der Waals surface area contributed by atoms with Crippen LogP contribution in [0.3, 0.4) is 0 Å². The summed E-state index contributed by atoms with van der Waals surface area (Å²) in [5.74, 6) is 0.942. The highest BCUT2D eigenvalue weighted by atomic mass is 35.5. The summed E-state index contributed by atoms with van der Waals surface area (Å²) >= 11 is 12.4. The van der Waals surface area contributed by atoms with Gasteiger partial charge in [0.2, 0.25) is 0 Å². The molecule has 1 atom stereocenters. The maximum absolute atomic E-state index is 6.21. The van der Waals surface area contributed by atoms with Gasteiger partial charge in [0, 0.05) is 21.7 Å². The molecule has 0 aromatic heterocycles. The second kappa shape index (κ2) is 5.39. The number of halogens is 2. The zero-order valence-electron chi connectivity index (χ0n) is 9.47. The van der Waals surface area contributed by atoms with Crippen LogP contribution in [0.25, 0.3) is 0 Å². The van der Waals surface area contributed by atoms with Gasteiger partial charge >= 0.3 is 0 Å². The van der Waals surface area contributed by atoms with E-state index in [9.17, 15) is 0 Å². The van der Waals surface area contributed by atoms with Crippen LogP contribution < -0.4 is 5.32 Å². The fraction of sp³-hybridized carbons (Fsp3) is 0.538. The standard InChI is InChI=1S/C13H17Cl2N/c1-16-12(8-7-9-5-6-9)13-10(14)3-2-4-11(13)15/h2-4,9,12,16H,5-8H2,1H3. The molecule has 1 aliphatic rings. The van der Waals surface area contributed by atoms with Gasteiger partial charge in [-0.3, -0.25) is 0 Å². The Morgan fingerprint density at radius 3 is 2.44 bits per heavy atom. The Hall–Kier alpha value is -0.240. The van der Waals surface area contributed by atoms with Gasteiger partial charge in [-0.15, -0.1) is 0 Å². The Labute approximate surface area is 107 Å². The predicted octanol–water partition coefficient (Wildman–Crippen LogP) is 4.44. The molecule has 0 radical (unpaired) electrons. The van der Waals surface area contributed by atoms with E-state index >= 15 is 0 Å². The molecular weight excluding hydrogens is 241 g/mol. The average molecular weight is 258 g/mol. The van der Waals surface area contributed by atoms with E-state index in [-0.39, 0.29) is 6.04 Å². The zero-order valence-corrected chi connectivity index (χ0v) is 11.0. The van der Waals surface area contributed by atoms with Crippen molar-refractivity contribution in [1.29, 1.82) is 0 Å². The lowest BCUT2D eigenvalue weighted by molar-refractivity contribution is 0.506. The summed E-state index contributed by atoms with van der Waals surface area (Å²) in [7, 11) is 1.97. The Kier molecular flexibility index (Phi) is 4.12. The molecule has 88 valence electrons. The van der Waals surface area contributed by atoms with Gasteiger partial charge < -0.3 is 5.32 Å². The normalized spacial score (nSPS) is 17.4. The average Bonchev–Trinajstić information content (AvgIpc) is 3.06. The van der Waals surface area contributed by atoms with Crippen molar-refractivity contribution >= 4 is 23.2 Å². The molecule has 0 heterocycles. The lowest BCUT2D eigenvalue weighted by Gasteiger charge is -2.19. The lowest BCUT2D eigenvalue weighted by Crippen LogP contribution is -2.17. The van der Waals surface area contributed by atoms with Crippen LogP contribution in [0.1, 0.15) is 37.3 Å². The fourth-order valence-electron chi connectivity index (χ4n) is 2.09. The Balaban J connectivity index is 2.11. The molecule has 3 heteroatoms. The van der Waals surface area contributed by atoms with Crippen molar-refractivity contribution in [3.8, 4) is 0 Å². The van der Waals surface area contributed by atoms with Crippen molar-refractivity contribution in [3.63, 3.8) is 0 Å². The summed E-state index contributed by atoms with van der Waals surface area (Å²) in [5, 5.41) is 4.85. The van der Waals surface area contributed by atoms with Crippen molar-refractivity contribution in [2.75, 3.05) is 7.05 Å². The molecule has 1 aromatic rings. The highest BCUT2D eigenvalue weighted by Gasteiger charge is 2.24. The number of rotatable bonds is 5. The molecule has 1 fully saturated rings. The molecule has 2 rings (SSSR count). The SMILES string of the molecule is CNC(CCC1CC1)c1c(Cl)cccc1Cl. The van der Waals surface area contributed by atoms with E-state index in [4.69, 9.17) is 23.2 Å². The minimum Gasteiger partial charge on any atom is -0.313 e. The van der Waals surface area contributed by atoms with Gasteiger partial charge in [0.1, 0.15) is 0 Å². The molecule has 1 unspecified atom stereocenters. The molecule has 1 aromatic carbocycles. The van der Waals surface area contributed by atoms with Crippen molar-refractivity contribution in [1.82, 2.24) is 5.32 Å². The van der Waals surface area contributed by atoms with Gasteiger partial charge in [0.15, 0.2) is 0 Å². The topological polar surface area (TPSA) is 12.0 Å².